The zero-order chi connectivity index (χ0) is 23.7. The zero-order valence-corrected chi connectivity index (χ0v) is 20.1. The monoisotopic (exact) mass is 494 g/mol. The second kappa shape index (κ2) is 11.1. The largest absolute Gasteiger partial charge is 0.431 e. The minimum Gasteiger partial charge on any atom is -0.416 e. The predicted octanol–water partition coefficient (Wildman–Crippen LogP) is 7.69. The Labute approximate surface area is 199 Å². The van der Waals surface area contributed by atoms with Gasteiger partial charge in [0.1, 0.15) is 23.0 Å². The summed E-state index contributed by atoms with van der Waals surface area (Å²) in [7, 11) is -7.60. The molecule has 0 saturated heterocycles. The van der Waals surface area contributed by atoms with Gasteiger partial charge in [0.2, 0.25) is 0 Å². The lowest BCUT2D eigenvalue weighted by Crippen LogP contribution is -2.13. The fraction of sp³-hybridized carbons (Fsp3) is 0.0769. The summed E-state index contributed by atoms with van der Waals surface area (Å²) in [5.74, 6) is 1.52. The molecule has 8 heteroatoms. The van der Waals surface area contributed by atoms with Crippen LogP contribution in [0.2, 0.25) is 0 Å². The van der Waals surface area contributed by atoms with E-state index in [4.69, 9.17) is 18.1 Å². The number of benzene rings is 4. The highest BCUT2D eigenvalue weighted by Crippen LogP contribution is 2.55. The smallest absolute Gasteiger partial charge is 0.416 e. The summed E-state index contributed by atoms with van der Waals surface area (Å²) < 4.78 is 50.9. The van der Waals surface area contributed by atoms with Crippen molar-refractivity contribution < 1.29 is 27.2 Å². The van der Waals surface area contributed by atoms with Crippen LogP contribution < -0.4 is 18.1 Å². The van der Waals surface area contributed by atoms with Crippen molar-refractivity contribution >= 4 is 15.2 Å². The normalized spacial score (nSPS) is 11.4. The Morgan fingerprint density at radius 1 is 0.382 bits per heavy atom. The Morgan fingerprint density at radius 2 is 0.588 bits per heavy atom. The minimum atomic E-state index is -3.80. The summed E-state index contributed by atoms with van der Waals surface area (Å²) in [6, 6.07) is 34.9. The van der Waals surface area contributed by atoms with Crippen molar-refractivity contribution in [3.8, 4) is 23.0 Å². The van der Waals surface area contributed by atoms with E-state index in [0.717, 1.165) is 0 Å². The highest BCUT2D eigenvalue weighted by molar-refractivity contribution is 7.58. The van der Waals surface area contributed by atoms with Gasteiger partial charge in [-0.15, -0.1) is 0 Å². The number of hydrogen-bond acceptors (Lipinski definition) is 6. The molecular formula is C26H24O6P2. The Balaban J connectivity index is 1.59. The van der Waals surface area contributed by atoms with Crippen LogP contribution in [0.1, 0.15) is 0 Å². The average Bonchev–Trinajstić information content (AvgIpc) is 2.85. The van der Waals surface area contributed by atoms with Crippen molar-refractivity contribution in [1.82, 2.24) is 0 Å². The lowest BCUT2D eigenvalue weighted by Gasteiger charge is -2.23. The van der Waals surface area contributed by atoms with E-state index in [2.05, 4.69) is 0 Å². The second-order valence-electron chi connectivity index (χ2n) is 7.29. The molecule has 0 saturated carbocycles. The van der Waals surface area contributed by atoms with Gasteiger partial charge in [0, 0.05) is 0 Å². The summed E-state index contributed by atoms with van der Waals surface area (Å²) in [6.07, 6.45) is -0.401. The van der Waals surface area contributed by atoms with Crippen molar-refractivity contribution in [2.24, 2.45) is 0 Å². The van der Waals surface area contributed by atoms with Crippen LogP contribution in [-0.2, 0) is 9.13 Å². The van der Waals surface area contributed by atoms with Crippen LogP contribution in [0.4, 0.5) is 0 Å². The van der Waals surface area contributed by atoms with Crippen molar-refractivity contribution in [1.29, 1.82) is 0 Å². The van der Waals surface area contributed by atoms with Gasteiger partial charge in [0.25, 0.3) is 0 Å². The molecule has 0 aliphatic heterocycles. The first-order valence-electron chi connectivity index (χ1n) is 10.7. The van der Waals surface area contributed by atoms with Crippen LogP contribution in [0, 0.1) is 0 Å². The first kappa shape index (κ1) is 23.7. The molecule has 4 aromatic rings. The standard InChI is InChI=1S/C26H24O6P2/c27-33(29-23-13-5-1-6-14-23,30-24-15-7-2-8-16-24)21-22-34(28,31-25-17-9-3-10-18-25)32-26-19-11-4-12-20-26/h1-20H,21-22H2. The van der Waals surface area contributed by atoms with E-state index in [1.807, 2.05) is 24.3 Å². The van der Waals surface area contributed by atoms with Gasteiger partial charge in [-0.2, -0.15) is 0 Å². The quantitative estimate of drug-likeness (QED) is 0.199. The van der Waals surface area contributed by atoms with Crippen LogP contribution in [0.15, 0.2) is 121 Å². The van der Waals surface area contributed by atoms with Gasteiger partial charge in [-0.05, 0) is 48.5 Å². The van der Waals surface area contributed by atoms with E-state index in [0.29, 0.717) is 23.0 Å². The molecular weight excluding hydrogens is 470 g/mol. The van der Waals surface area contributed by atoms with Gasteiger partial charge < -0.3 is 18.1 Å². The fourth-order valence-corrected chi connectivity index (χ4v) is 7.20. The molecule has 0 spiro atoms. The maximum Gasteiger partial charge on any atom is 0.431 e. The van der Waals surface area contributed by atoms with Gasteiger partial charge in [0.15, 0.2) is 0 Å². The SMILES string of the molecule is O=P(CCP(=O)(Oc1ccccc1)Oc1ccccc1)(Oc1ccccc1)Oc1ccccc1. The third-order valence-corrected chi connectivity index (χ3v) is 8.45. The Bertz CT molecular complexity index is 1060. The van der Waals surface area contributed by atoms with Crippen LogP contribution >= 0.6 is 15.2 Å². The van der Waals surface area contributed by atoms with Gasteiger partial charge in [-0.1, -0.05) is 72.8 Å². The molecule has 0 heterocycles. The third kappa shape index (κ3) is 7.02. The number of rotatable bonds is 11. The molecule has 174 valence electrons. The summed E-state index contributed by atoms with van der Waals surface area (Å²) in [5, 5.41) is 0. The van der Waals surface area contributed by atoms with Crippen LogP contribution in [0.5, 0.6) is 23.0 Å². The Hall–Kier alpha value is -3.46. The van der Waals surface area contributed by atoms with Crippen molar-refractivity contribution in [3.63, 3.8) is 0 Å². The molecule has 34 heavy (non-hydrogen) atoms. The molecule has 0 fully saturated rings. The van der Waals surface area contributed by atoms with Crippen LogP contribution in [0.25, 0.3) is 0 Å². The molecule has 0 amide bonds. The van der Waals surface area contributed by atoms with Crippen LogP contribution in [-0.4, -0.2) is 12.3 Å². The molecule has 0 aliphatic rings. The molecule has 4 rings (SSSR count). The van der Waals surface area contributed by atoms with Gasteiger partial charge in [-0.25, -0.2) is 9.13 Å². The van der Waals surface area contributed by atoms with Gasteiger partial charge in [0.05, 0.1) is 12.3 Å². The maximum atomic E-state index is 13.8. The number of para-hydroxylation sites is 4. The molecule has 0 radical (unpaired) electrons. The zero-order valence-electron chi connectivity index (χ0n) is 18.3. The number of hydrogen-bond donors (Lipinski definition) is 0. The Kier molecular flexibility index (Phi) is 7.74. The highest BCUT2D eigenvalue weighted by atomic mass is 31.2. The summed E-state index contributed by atoms with van der Waals surface area (Å²) in [6.45, 7) is 0. The van der Waals surface area contributed by atoms with Crippen molar-refractivity contribution in [2.75, 3.05) is 12.3 Å². The molecule has 4 aromatic carbocycles. The first-order chi connectivity index (χ1) is 16.5. The molecule has 0 unspecified atom stereocenters. The highest BCUT2D eigenvalue weighted by Gasteiger charge is 2.37. The minimum absolute atomic E-state index is 0.201. The van der Waals surface area contributed by atoms with Gasteiger partial charge >= 0.3 is 15.2 Å². The topological polar surface area (TPSA) is 71.1 Å². The van der Waals surface area contributed by atoms with E-state index in [9.17, 15) is 9.13 Å². The molecule has 0 aromatic heterocycles. The lowest BCUT2D eigenvalue weighted by molar-refractivity contribution is 0.374. The van der Waals surface area contributed by atoms with Crippen molar-refractivity contribution in [3.05, 3.63) is 121 Å². The van der Waals surface area contributed by atoms with E-state index < -0.39 is 15.2 Å². The molecule has 0 atom stereocenters. The van der Waals surface area contributed by atoms with E-state index >= 15 is 0 Å². The summed E-state index contributed by atoms with van der Waals surface area (Å²) >= 11 is 0. The third-order valence-electron chi connectivity index (χ3n) is 4.60. The predicted molar refractivity (Wildman–Crippen MR) is 133 cm³/mol. The second-order valence-corrected chi connectivity index (χ2v) is 11.4. The van der Waals surface area contributed by atoms with E-state index in [-0.39, 0.29) is 12.3 Å². The Morgan fingerprint density at radius 3 is 0.794 bits per heavy atom. The van der Waals surface area contributed by atoms with E-state index in [1.165, 1.54) is 0 Å². The summed E-state index contributed by atoms with van der Waals surface area (Å²) in [4.78, 5) is 0. The van der Waals surface area contributed by atoms with Crippen molar-refractivity contribution in [2.45, 2.75) is 0 Å². The maximum absolute atomic E-state index is 13.8. The fourth-order valence-electron chi connectivity index (χ4n) is 3.03. The first-order valence-corrected chi connectivity index (χ1v) is 14.1. The van der Waals surface area contributed by atoms with Crippen LogP contribution in [0.3, 0.4) is 0 Å². The van der Waals surface area contributed by atoms with E-state index in [1.54, 1.807) is 97.1 Å². The van der Waals surface area contributed by atoms with Gasteiger partial charge in [-0.3, -0.25) is 0 Å². The molecule has 0 bridgehead atoms. The molecule has 6 nitrogen and oxygen atoms in total. The molecule has 0 aliphatic carbocycles. The lowest BCUT2D eigenvalue weighted by atomic mass is 10.3. The molecule has 0 N–H and O–H groups in total. The average molecular weight is 494 g/mol. The summed E-state index contributed by atoms with van der Waals surface area (Å²) in [5.41, 5.74) is 0.